The molecule has 6 heteroatoms. The van der Waals surface area contributed by atoms with Gasteiger partial charge in [0.2, 0.25) is 5.91 Å². The number of amides is 1. The van der Waals surface area contributed by atoms with Gasteiger partial charge >= 0.3 is 0 Å². The van der Waals surface area contributed by atoms with E-state index in [2.05, 4.69) is 4.98 Å². The number of nitrogens with zero attached hydrogens (tertiary/aromatic N) is 1. The number of carbonyl (C=O) groups is 2. The van der Waals surface area contributed by atoms with Crippen molar-refractivity contribution in [2.45, 2.75) is 19.4 Å². The van der Waals surface area contributed by atoms with Crippen LogP contribution in [0.1, 0.15) is 51.3 Å². The van der Waals surface area contributed by atoms with E-state index in [0.717, 1.165) is 17.5 Å². The predicted molar refractivity (Wildman–Crippen MR) is 112 cm³/mol. The first-order valence-electron chi connectivity index (χ1n) is 9.84. The molecule has 1 aliphatic heterocycles. The third-order valence-electron chi connectivity index (χ3n) is 5.28. The van der Waals surface area contributed by atoms with Crippen molar-refractivity contribution in [3.05, 3.63) is 89.2 Å². The van der Waals surface area contributed by atoms with Crippen molar-refractivity contribution in [2.75, 3.05) is 6.61 Å². The molecule has 0 aliphatic carbocycles. The number of hydrogen-bond donors (Lipinski definition) is 1. The lowest BCUT2D eigenvalue weighted by Crippen LogP contribution is -2.27. The van der Waals surface area contributed by atoms with Gasteiger partial charge in [-0.1, -0.05) is 19.1 Å². The van der Waals surface area contributed by atoms with Crippen LogP contribution in [0.4, 0.5) is 0 Å². The van der Waals surface area contributed by atoms with Crippen LogP contribution < -0.4 is 15.2 Å². The molecule has 2 heterocycles. The molecule has 1 unspecified atom stereocenters. The molecule has 1 amide bonds. The predicted octanol–water partition coefficient (Wildman–Crippen LogP) is 3.95. The van der Waals surface area contributed by atoms with Crippen molar-refractivity contribution in [2.24, 2.45) is 11.7 Å². The highest BCUT2D eigenvalue weighted by Gasteiger charge is 2.28. The Morgan fingerprint density at radius 3 is 2.50 bits per heavy atom. The summed E-state index contributed by atoms with van der Waals surface area (Å²) in [7, 11) is 0. The van der Waals surface area contributed by atoms with Gasteiger partial charge in [0.15, 0.2) is 5.78 Å². The molecule has 0 saturated heterocycles. The zero-order valence-electron chi connectivity index (χ0n) is 16.6. The minimum Gasteiger partial charge on any atom is -0.492 e. The number of ether oxygens (including phenoxy) is 2. The third-order valence-corrected chi connectivity index (χ3v) is 5.28. The molecule has 1 aliphatic rings. The van der Waals surface area contributed by atoms with Crippen LogP contribution in [0.15, 0.2) is 67.0 Å². The highest BCUT2D eigenvalue weighted by Crippen LogP contribution is 2.35. The van der Waals surface area contributed by atoms with Gasteiger partial charge in [0, 0.05) is 24.0 Å². The number of rotatable bonds is 6. The third kappa shape index (κ3) is 3.89. The number of ketones is 1. The van der Waals surface area contributed by atoms with E-state index in [1.807, 2.05) is 31.2 Å². The van der Waals surface area contributed by atoms with Crippen LogP contribution in [-0.4, -0.2) is 23.3 Å². The van der Waals surface area contributed by atoms with E-state index < -0.39 is 12.0 Å². The van der Waals surface area contributed by atoms with Gasteiger partial charge in [-0.15, -0.1) is 0 Å². The van der Waals surface area contributed by atoms with E-state index in [-0.39, 0.29) is 11.7 Å². The van der Waals surface area contributed by atoms with Crippen molar-refractivity contribution in [3.63, 3.8) is 0 Å². The normalized spacial score (nSPS) is 16.3. The smallest absolute Gasteiger partial charge is 0.248 e. The van der Waals surface area contributed by atoms with E-state index in [4.69, 9.17) is 15.2 Å². The van der Waals surface area contributed by atoms with Crippen molar-refractivity contribution >= 4 is 11.7 Å². The maximum absolute atomic E-state index is 12.5. The average molecular weight is 402 g/mol. The largest absolute Gasteiger partial charge is 0.492 e. The number of fused-ring (bicyclic) bond motifs is 1. The monoisotopic (exact) mass is 402 g/mol. The number of benzene rings is 2. The summed E-state index contributed by atoms with van der Waals surface area (Å²) >= 11 is 0. The first-order valence-corrected chi connectivity index (χ1v) is 9.84. The van der Waals surface area contributed by atoms with Crippen LogP contribution in [0.25, 0.3) is 0 Å². The molecule has 6 nitrogen and oxygen atoms in total. The van der Waals surface area contributed by atoms with Crippen LogP contribution in [0, 0.1) is 5.92 Å². The first-order chi connectivity index (χ1) is 14.6. The topological polar surface area (TPSA) is 91.5 Å². The summed E-state index contributed by atoms with van der Waals surface area (Å²) in [6, 6.07) is 16.0. The Balaban J connectivity index is 1.66. The second-order valence-corrected chi connectivity index (χ2v) is 7.20. The second kappa shape index (κ2) is 8.37. The van der Waals surface area contributed by atoms with Crippen LogP contribution in [0.2, 0.25) is 0 Å². The van der Waals surface area contributed by atoms with Gasteiger partial charge in [0.25, 0.3) is 0 Å². The quantitative estimate of drug-likeness (QED) is 0.674. The van der Waals surface area contributed by atoms with E-state index in [0.29, 0.717) is 29.2 Å². The summed E-state index contributed by atoms with van der Waals surface area (Å²) < 4.78 is 12.1. The van der Waals surface area contributed by atoms with Crippen LogP contribution in [0.3, 0.4) is 0 Å². The zero-order chi connectivity index (χ0) is 21.1. The van der Waals surface area contributed by atoms with E-state index in [9.17, 15) is 9.59 Å². The number of Topliss-reactive ketones (excluding diaryl/α,β-unsaturated/α-hetero) is 1. The van der Waals surface area contributed by atoms with Gasteiger partial charge in [0.05, 0.1) is 18.1 Å². The summed E-state index contributed by atoms with van der Waals surface area (Å²) in [6.45, 7) is 2.37. The SMILES string of the molecule is CC[C@H]1COc2cc(OC(c3ccncc3)c3ccc(C(N)=O)cc3)ccc2C1=O. The molecule has 1 aromatic heterocycles. The van der Waals surface area contributed by atoms with Gasteiger partial charge in [-0.2, -0.15) is 0 Å². The number of carbonyl (C=O) groups excluding carboxylic acids is 2. The van der Waals surface area contributed by atoms with Gasteiger partial charge < -0.3 is 15.2 Å². The minimum absolute atomic E-state index is 0.0994. The van der Waals surface area contributed by atoms with Gasteiger partial charge in [-0.05, 0) is 53.9 Å². The van der Waals surface area contributed by atoms with Crippen LogP contribution in [-0.2, 0) is 0 Å². The Hall–Kier alpha value is -3.67. The maximum atomic E-state index is 12.5. The number of pyridine rings is 1. The molecule has 2 N–H and O–H groups in total. The first kappa shape index (κ1) is 19.6. The van der Waals surface area contributed by atoms with E-state index >= 15 is 0 Å². The standard InChI is InChI=1S/C24H22N2O4/c1-2-15-14-29-21-13-19(7-8-20(21)22(15)27)30-23(17-9-11-26-12-10-17)16-3-5-18(6-4-16)24(25)28/h3-13,15,23H,2,14H2,1H3,(H2,25,28)/t15-,23?/m0/s1. The fourth-order valence-electron chi connectivity index (χ4n) is 3.51. The maximum Gasteiger partial charge on any atom is 0.248 e. The minimum atomic E-state index is -0.482. The fraction of sp³-hybridized carbons (Fsp3) is 0.208. The lowest BCUT2D eigenvalue weighted by molar-refractivity contribution is 0.0825. The Morgan fingerprint density at radius 2 is 1.83 bits per heavy atom. The fourth-order valence-corrected chi connectivity index (χ4v) is 3.51. The summed E-state index contributed by atoms with van der Waals surface area (Å²) in [5.41, 5.74) is 8.12. The molecule has 2 aromatic carbocycles. The summed E-state index contributed by atoms with van der Waals surface area (Å²) in [4.78, 5) is 28.0. The van der Waals surface area contributed by atoms with E-state index in [1.165, 1.54) is 0 Å². The van der Waals surface area contributed by atoms with E-state index in [1.54, 1.807) is 42.7 Å². The van der Waals surface area contributed by atoms with Gasteiger partial charge in [0.1, 0.15) is 17.6 Å². The van der Waals surface area contributed by atoms with Crippen molar-refractivity contribution in [1.29, 1.82) is 0 Å². The Kier molecular flexibility index (Phi) is 5.48. The molecule has 0 saturated carbocycles. The zero-order valence-corrected chi connectivity index (χ0v) is 16.6. The van der Waals surface area contributed by atoms with Crippen LogP contribution in [0.5, 0.6) is 11.5 Å². The van der Waals surface area contributed by atoms with Gasteiger partial charge in [-0.25, -0.2) is 0 Å². The molecular formula is C24H22N2O4. The molecule has 152 valence electrons. The molecule has 30 heavy (non-hydrogen) atoms. The van der Waals surface area contributed by atoms with Crippen LogP contribution >= 0.6 is 0 Å². The Morgan fingerprint density at radius 1 is 1.13 bits per heavy atom. The molecular weight excluding hydrogens is 380 g/mol. The number of hydrogen-bond acceptors (Lipinski definition) is 5. The highest BCUT2D eigenvalue weighted by molar-refractivity contribution is 6.01. The van der Waals surface area contributed by atoms with Crippen molar-refractivity contribution in [3.8, 4) is 11.5 Å². The Labute approximate surface area is 174 Å². The van der Waals surface area contributed by atoms with Crippen molar-refractivity contribution in [1.82, 2.24) is 4.98 Å². The molecule has 2 atom stereocenters. The molecule has 3 aromatic rings. The Bertz CT molecular complexity index is 1060. The molecule has 4 rings (SSSR count). The summed E-state index contributed by atoms with van der Waals surface area (Å²) in [6.07, 6.45) is 3.71. The highest BCUT2D eigenvalue weighted by atomic mass is 16.5. The second-order valence-electron chi connectivity index (χ2n) is 7.20. The molecule has 0 radical (unpaired) electrons. The number of nitrogens with two attached hydrogens (primary N) is 1. The average Bonchev–Trinajstić information content (AvgIpc) is 2.78. The molecule has 0 bridgehead atoms. The van der Waals surface area contributed by atoms with Gasteiger partial charge in [-0.3, -0.25) is 14.6 Å². The summed E-state index contributed by atoms with van der Waals surface area (Å²) in [5.74, 6) is 0.650. The van der Waals surface area contributed by atoms with Crippen molar-refractivity contribution < 1.29 is 19.1 Å². The number of aromatic nitrogens is 1. The number of primary amides is 1. The lowest BCUT2D eigenvalue weighted by Gasteiger charge is -2.25. The summed E-state index contributed by atoms with van der Waals surface area (Å²) in [5, 5.41) is 0. The molecule has 0 spiro atoms. The molecule has 0 fully saturated rings. The lowest BCUT2D eigenvalue weighted by atomic mass is 9.93.